The predicted octanol–water partition coefficient (Wildman–Crippen LogP) is 2.04. The maximum absolute atomic E-state index is 12.8. The molecule has 0 radical (unpaired) electrons. The molecular weight excluding hydrogens is 332 g/mol. The van der Waals surface area contributed by atoms with E-state index in [1.165, 1.54) is 11.8 Å². The van der Waals surface area contributed by atoms with Gasteiger partial charge in [-0.05, 0) is 30.4 Å². The molecule has 0 aliphatic heterocycles. The van der Waals surface area contributed by atoms with Gasteiger partial charge in [-0.15, -0.1) is 0 Å². The van der Waals surface area contributed by atoms with Gasteiger partial charge in [-0.1, -0.05) is 20.8 Å². The van der Waals surface area contributed by atoms with Crippen molar-refractivity contribution in [3.8, 4) is 0 Å². The third-order valence-electron chi connectivity index (χ3n) is 4.78. The van der Waals surface area contributed by atoms with Gasteiger partial charge < -0.3 is 10.0 Å². The Labute approximate surface area is 147 Å². The van der Waals surface area contributed by atoms with Gasteiger partial charge in [-0.3, -0.25) is 20.0 Å². The summed E-state index contributed by atoms with van der Waals surface area (Å²) in [7, 11) is 0. The fourth-order valence-electron chi connectivity index (χ4n) is 2.59. The molecule has 0 aliphatic rings. The molecule has 2 unspecified atom stereocenters. The van der Waals surface area contributed by atoms with Gasteiger partial charge in [-0.2, -0.15) is 17.7 Å². The van der Waals surface area contributed by atoms with E-state index in [-0.39, 0.29) is 41.6 Å². The molecule has 1 heterocycles. The number of H-pyrrole nitrogens is 1. The third kappa shape index (κ3) is 4.27. The van der Waals surface area contributed by atoms with Crippen molar-refractivity contribution in [2.24, 2.45) is 11.3 Å². The van der Waals surface area contributed by atoms with Crippen molar-refractivity contribution in [3.05, 3.63) is 21.5 Å². The van der Waals surface area contributed by atoms with Crippen molar-refractivity contribution in [3.63, 3.8) is 0 Å². The zero-order valence-corrected chi connectivity index (χ0v) is 15.5. The number of nitro groups is 1. The number of nitrogens with one attached hydrogen (secondary N) is 1. The molecule has 2 N–H and O–H groups in total. The maximum Gasteiger partial charge on any atom is 0.322 e. The number of aliphatic hydroxyl groups is 1. The Kier molecular flexibility index (Phi) is 7.22. The molecule has 136 valence electrons. The summed E-state index contributed by atoms with van der Waals surface area (Å²) in [5, 5.41) is 26.8. The second-order valence-corrected chi connectivity index (χ2v) is 6.71. The van der Waals surface area contributed by atoms with E-state index < -0.39 is 10.8 Å². The molecule has 1 aromatic heterocycles. The summed E-state index contributed by atoms with van der Waals surface area (Å²) >= 11 is 4.35. The van der Waals surface area contributed by atoms with E-state index in [0.717, 1.165) is 6.42 Å². The van der Waals surface area contributed by atoms with Crippen LogP contribution in [0.15, 0.2) is 0 Å². The Hall–Kier alpha value is -1.61. The van der Waals surface area contributed by atoms with E-state index in [9.17, 15) is 20.0 Å². The Morgan fingerprint density at radius 1 is 1.58 bits per heavy atom. The molecular formula is C15H26N4O4S. The fraction of sp³-hybridized carbons (Fsp3) is 0.733. The largest absolute Gasteiger partial charge is 0.395 e. The van der Waals surface area contributed by atoms with E-state index in [1.807, 2.05) is 6.92 Å². The number of rotatable bonds is 9. The highest BCUT2D eigenvalue weighted by molar-refractivity contribution is 7.80. The van der Waals surface area contributed by atoms with Crippen LogP contribution in [0.4, 0.5) is 5.69 Å². The van der Waals surface area contributed by atoms with Gasteiger partial charge in [0.05, 0.1) is 11.5 Å². The van der Waals surface area contributed by atoms with Gasteiger partial charge >= 0.3 is 5.69 Å². The zero-order valence-electron chi connectivity index (χ0n) is 14.6. The van der Waals surface area contributed by atoms with Gasteiger partial charge in [0.2, 0.25) is 5.69 Å². The number of aliphatic hydroxyl groups excluding tert-OH is 1. The predicted molar refractivity (Wildman–Crippen MR) is 94.4 cm³/mol. The Morgan fingerprint density at radius 3 is 2.67 bits per heavy atom. The number of hydrogen-bond acceptors (Lipinski definition) is 6. The summed E-state index contributed by atoms with van der Waals surface area (Å²) in [4.78, 5) is 24.8. The van der Waals surface area contributed by atoms with Crippen LogP contribution in [0.25, 0.3) is 0 Å². The van der Waals surface area contributed by atoms with Gasteiger partial charge in [0.25, 0.3) is 5.91 Å². The summed E-state index contributed by atoms with van der Waals surface area (Å²) in [6, 6.07) is 0. The molecule has 0 aliphatic carbocycles. The Bertz CT molecular complexity index is 592. The number of hydrogen-bond donors (Lipinski definition) is 3. The maximum atomic E-state index is 12.8. The van der Waals surface area contributed by atoms with Crippen molar-refractivity contribution in [2.45, 2.75) is 34.1 Å². The lowest BCUT2D eigenvalue weighted by Crippen LogP contribution is -2.44. The first-order valence-corrected chi connectivity index (χ1v) is 8.55. The third-order valence-corrected chi connectivity index (χ3v) is 5.33. The van der Waals surface area contributed by atoms with Crippen LogP contribution in [0.3, 0.4) is 0 Å². The van der Waals surface area contributed by atoms with Crippen LogP contribution in [0, 0.1) is 28.4 Å². The molecule has 0 saturated carbocycles. The highest BCUT2D eigenvalue weighted by Crippen LogP contribution is 2.33. The molecule has 0 spiro atoms. The normalized spacial score (nSPS) is 14.9. The molecule has 0 saturated heterocycles. The second kappa shape index (κ2) is 8.48. The summed E-state index contributed by atoms with van der Waals surface area (Å²) in [5.41, 5.74) is -0.521. The van der Waals surface area contributed by atoms with E-state index in [0.29, 0.717) is 12.3 Å². The van der Waals surface area contributed by atoms with Crippen molar-refractivity contribution in [2.75, 3.05) is 25.4 Å². The molecule has 1 amide bonds. The topological polar surface area (TPSA) is 112 Å². The van der Waals surface area contributed by atoms with Gasteiger partial charge in [0.15, 0.2) is 0 Å². The first-order valence-electron chi connectivity index (χ1n) is 7.92. The molecule has 0 fully saturated rings. The fourth-order valence-corrected chi connectivity index (χ4v) is 3.03. The molecule has 0 aromatic carbocycles. The van der Waals surface area contributed by atoms with Gasteiger partial charge in [-0.25, -0.2) is 0 Å². The summed E-state index contributed by atoms with van der Waals surface area (Å²) < 4.78 is 0. The number of carbonyl (C=O) groups is 1. The molecule has 1 aromatic rings. The number of aromatic nitrogens is 2. The molecule has 8 nitrogen and oxygen atoms in total. The summed E-state index contributed by atoms with van der Waals surface area (Å²) in [6.07, 6.45) is 0.811. The number of carbonyl (C=O) groups excluding carboxylic acids is 1. The van der Waals surface area contributed by atoms with Crippen LogP contribution >= 0.6 is 12.6 Å². The second-order valence-electron chi connectivity index (χ2n) is 6.34. The zero-order chi connectivity index (χ0) is 18.5. The van der Waals surface area contributed by atoms with E-state index >= 15 is 0 Å². The monoisotopic (exact) mass is 358 g/mol. The first kappa shape index (κ1) is 20.4. The number of aryl methyl sites for hydroxylation is 1. The van der Waals surface area contributed by atoms with Crippen molar-refractivity contribution >= 4 is 24.2 Å². The lowest BCUT2D eigenvalue weighted by Gasteiger charge is -2.38. The highest BCUT2D eigenvalue weighted by Gasteiger charge is 2.36. The van der Waals surface area contributed by atoms with E-state index in [1.54, 1.807) is 0 Å². The average Bonchev–Trinajstić information content (AvgIpc) is 2.94. The van der Waals surface area contributed by atoms with Gasteiger partial charge in [0, 0.05) is 13.1 Å². The molecule has 9 heteroatoms. The summed E-state index contributed by atoms with van der Waals surface area (Å²) in [5.74, 6) is 0.342. The number of nitrogens with zero attached hydrogens (tertiary/aromatic N) is 3. The van der Waals surface area contributed by atoms with Crippen LogP contribution in [0.2, 0.25) is 0 Å². The lowest BCUT2D eigenvalue weighted by molar-refractivity contribution is -0.385. The van der Waals surface area contributed by atoms with Crippen molar-refractivity contribution in [1.29, 1.82) is 0 Å². The van der Waals surface area contributed by atoms with Crippen molar-refractivity contribution in [1.82, 2.24) is 15.1 Å². The first-order chi connectivity index (χ1) is 11.2. The van der Waals surface area contributed by atoms with Crippen molar-refractivity contribution < 1.29 is 14.8 Å². The Morgan fingerprint density at radius 2 is 2.21 bits per heavy atom. The smallest absolute Gasteiger partial charge is 0.322 e. The molecule has 24 heavy (non-hydrogen) atoms. The van der Waals surface area contributed by atoms with Crippen LogP contribution in [-0.4, -0.2) is 56.5 Å². The molecule has 2 atom stereocenters. The van der Waals surface area contributed by atoms with E-state index in [4.69, 9.17) is 0 Å². The number of thiol groups is 1. The number of aromatic amines is 1. The van der Waals surface area contributed by atoms with E-state index in [2.05, 4.69) is 36.7 Å². The Balaban J connectivity index is 3.16. The SMILES string of the molecule is CCC(C)(CN(CCO)C(=O)c1n[nH]c(C)c1[N+](=O)[O-])C(C)CS. The average molecular weight is 358 g/mol. The standard InChI is InChI=1S/C15H26N4O4S/c1-5-15(4,10(2)8-24)9-18(6-7-20)14(21)12-13(19(22)23)11(3)16-17-12/h10,20,24H,5-9H2,1-4H3,(H,16,17). The highest BCUT2D eigenvalue weighted by atomic mass is 32.1. The molecule has 0 bridgehead atoms. The lowest BCUT2D eigenvalue weighted by atomic mass is 9.76. The van der Waals surface area contributed by atoms with Crippen LogP contribution in [0.1, 0.15) is 43.4 Å². The van der Waals surface area contributed by atoms with Crippen LogP contribution in [-0.2, 0) is 0 Å². The van der Waals surface area contributed by atoms with Crippen LogP contribution < -0.4 is 0 Å². The molecule has 1 rings (SSSR count). The number of amides is 1. The minimum absolute atomic E-state index is 0.0940. The minimum Gasteiger partial charge on any atom is -0.395 e. The quantitative estimate of drug-likeness (QED) is 0.355. The minimum atomic E-state index is -0.613. The van der Waals surface area contributed by atoms with Crippen LogP contribution in [0.5, 0.6) is 0 Å². The van der Waals surface area contributed by atoms with Gasteiger partial charge in [0.1, 0.15) is 5.69 Å². The summed E-state index contributed by atoms with van der Waals surface area (Å²) in [6.45, 7) is 7.87.